The molecule has 0 rings (SSSR count). The summed E-state index contributed by atoms with van der Waals surface area (Å²) in [4.78, 5) is 10.9. The third kappa shape index (κ3) is 4.91. The van der Waals surface area contributed by atoms with Gasteiger partial charge in [-0.15, -0.1) is 0 Å². The Kier molecular flexibility index (Phi) is 5.37. The number of carbonyl (C=O) groups is 1. The van der Waals surface area contributed by atoms with Crippen molar-refractivity contribution in [2.45, 2.75) is 13.8 Å². The molecule has 0 aliphatic rings. The zero-order valence-electron chi connectivity index (χ0n) is 7.92. The summed E-state index contributed by atoms with van der Waals surface area (Å²) in [5, 5.41) is 0. The van der Waals surface area contributed by atoms with Crippen molar-refractivity contribution in [3.05, 3.63) is 12.2 Å². The Morgan fingerprint density at radius 3 is 2.50 bits per heavy atom. The van der Waals surface area contributed by atoms with E-state index in [1.54, 1.807) is 14.0 Å². The smallest absolute Gasteiger partial charge is 0.333 e. The third-order valence-electron chi connectivity index (χ3n) is 1.30. The van der Waals surface area contributed by atoms with Crippen LogP contribution in [0.2, 0.25) is 0 Å². The molecular weight excluding hydrogens is 156 g/mol. The fourth-order valence-electron chi connectivity index (χ4n) is 0.674. The first-order valence-corrected chi connectivity index (χ1v) is 3.89. The Morgan fingerprint density at radius 2 is 2.08 bits per heavy atom. The Balaban J connectivity index is 3.54. The molecule has 0 radical (unpaired) electrons. The maximum absolute atomic E-state index is 10.9. The first kappa shape index (κ1) is 11.2. The molecule has 0 fully saturated rings. The van der Waals surface area contributed by atoms with E-state index in [-0.39, 0.29) is 11.9 Å². The molecule has 0 bridgehead atoms. The molecule has 12 heavy (non-hydrogen) atoms. The summed E-state index contributed by atoms with van der Waals surface area (Å²) < 4.78 is 9.78. The molecule has 0 saturated heterocycles. The first-order valence-electron chi connectivity index (χ1n) is 3.89. The molecule has 0 N–H and O–H groups in total. The predicted octanol–water partition coefficient (Wildman–Crippen LogP) is 1.39. The van der Waals surface area contributed by atoms with Crippen LogP contribution in [0.25, 0.3) is 0 Å². The van der Waals surface area contributed by atoms with Gasteiger partial charge in [0.25, 0.3) is 0 Å². The molecule has 0 aromatic carbocycles. The van der Waals surface area contributed by atoms with Crippen LogP contribution >= 0.6 is 0 Å². The highest BCUT2D eigenvalue weighted by Crippen LogP contribution is 1.99. The maximum atomic E-state index is 10.9. The normalized spacial score (nSPS) is 12.2. The molecule has 1 unspecified atom stereocenters. The summed E-state index contributed by atoms with van der Waals surface area (Å²) in [6.07, 6.45) is 0. The van der Waals surface area contributed by atoms with Crippen LogP contribution in [-0.2, 0) is 14.3 Å². The second-order valence-electron chi connectivity index (χ2n) is 2.94. The summed E-state index contributed by atoms with van der Waals surface area (Å²) in [5.74, 6) is -0.101. The van der Waals surface area contributed by atoms with Gasteiger partial charge in [0.15, 0.2) is 0 Å². The molecule has 3 nitrogen and oxygen atoms in total. The first-order chi connectivity index (χ1) is 5.57. The zero-order valence-corrected chi connectivity index (χ0v) is 7.92. The Bertz CT molecular complexity index is 163. The van der Waals surface area contributed by atoms with E-state index in [1.165, 1.54) is 0 Å². The fourth-order valence-corrected chi connectivity index (χ4v) is 0.674. The van der Waals surface area contributed by atoms with E-state index in [9.17, 15) is 4.79 Å². The molecule has 70 valence electrons. The lowest BCUT2D eigenvalue weighted by atomic mass is 10.2. The van der Waals surface area contributed by atoms with E-state index in [0.29, 0.717) is 18.8 Å². The number of hydrogen-bond donors (Lipinski definition) is 0. The van der Waals surface area contributed by atoms with Gasteiger partial charge in [0.1, 0.15) is 0 Å². The van der Waals surface area contributed by atoms with E-state index in [4.69, 9.17) is 9.47 Å². The number of ether oxygens (including phenoxy) is 2. The van der Waals surface area contributed by atoms with Crippen molar-refractivity contribution in [3.8, 4) is 0 Å². The van der Waals surface area contributed by atoms with E-state index in [1.807, 2.05) is 6.92 Å². The van der Waals surface area contributed by atoms with Crippen LogP contribution in [0.5, 0.6) is 0 Å². The molecule has 0 aromatic heterocycles. The molecule has 0 aliphatic heterocycles. The molecule has 0 amide bonds. The second kappa shape index (κ2) is 5.77. The average Bonchev–Trinajstić information content (AvgIpc) is 2.00. The lowest BCUT2D eigenvalue weighted by molar-refractivity contribution is -0.140. The summed E-state index contributed by atoms with van der Waals surface area (Å²) in [5.41, 5.74) is 0.430. The van der Waals surface area contributed by atoms with Gasteiger partial charge in [0, 0.05) is 18.6 Å². The van der Waals surface area contributed by atoms with Crippen molar-refractivity contribution in [2.24, 2.45) is 5.92 Å². The summed E-state index contributed by atoms with van der Waals surface area (Å²) in [6.45, 7) is 8.04. The van der Waals surface area contributed by atoms with Gasteiger partial charge in [-0.2, -0.15) is 0 Å². The molecule has 0 saturated carbocycles. The minimum absolute atomic E-state index is 0.235. The fraction of sp³-hybridized carbons (Fsp3) is 0.667. The number of methoxy groups -OCH3 is 1. The van der Waals surface area contributed by atoms with E-state index >= 15 is 0 Å². The molecule has 0 spiro atoms. The van der Waals surface area contributed by atoms with Crippen molar-refractivity contribution in [1.29, 1.82) is 0 Å². The van der Waals surface area contributed by atoms with Gasteiger partial charge in [0.05, 0.1) is 13.2 Å². The molecule has 0 aromatic rings. The quantitative estimate of drug-likeness (QED) is 0.464. The number of rotatable bonds is 5. The van der Waals surface area contributed by atoms with Gasteiger partial charge >= 0.3 is 5.97 Å². The van der Waals surface area contributed by atoms with Gasteiger partial charge in [-0.3, -0.25) is 0 Å². The van der Waals surface area contributed by atoms with Gasteiger partial charge in [-0.05, 0) is 6.92 Å². The van der Waals surface area contributed by atoms with Crippen molar-refractivity contribution in [3.63, 3.8) is 0 Å². The van der Waals surface area contributed by atoms with Gasteiger partial charge < -0.3 is 9.47 Å². The highest BCUT2D eigenvalue weighted by Gasteiger charge is 2.06. The van der Waals surface area contributed by atoms with Crippen molar-refractivity contribution < 1.29 is 14.3 Å². The third-order valence-corrected chi connectivity index (χ3v) is 1.30. The monoisotopic (exact) mass is 172 g/mol. The van der Waals surface area contributed by atoms with Gasteiger partial charge in [-0.25, -0.2) is 4.79 Å². The topological polar surface area (TPSA) is 35.5 Å². The predicted molar refractivity (Wildman–Crippen MR) is 46.8 cm³/mol. The average molecular weight is 172 g/mol. The molecule has 1 atom stereocenters. The van der Waals surface area contributed by atoms with Crippen LogP contribution in [0.15, 0.2) is 12.2 Å². The second-order valence-corrected chi connectivity index (χ2v) is 2.94. The lowest BCUT2D eigenvalue weighted by Crippen LogP contribution is -2.15. The van der Waals surface area contributed by atoms with Crippen molar-refractivity contribution in [1.82, 2.24) is 0 Å². The van der Waals surface area contributed by atoms with Crippen LogP contribution in [0.3, 0.4) is 0 Å². The zero-order chi connectivity index (χ0) is 9.56. The van der Waals surface area contributed by atoms with Crippen molar-refractivity contribution in [2.75, 3.05) is 20.3 Å². The van der Waals surface area contributed by atoms with Crippen LogP contribution in [-0.4, -0.2) is 26.3 Å². The van der Waals surface area contributed by atoms with Crippen LogP contribution in [0.4, 0.5) is 0 Å². The lowest BCUT2D eigenvalue weighted by Gasteiger charge is -2.10. The Labute approximate surface area is 73.4 Å². The summed E-state index contributed by atoms with van der Waals surface area (Å²) in [7, 11) is 1.62. The summed E-state index contributed by atoms with van der Waals surface area (Å²) in [6, 6.07) is 0. The molecule has 0 aliphatic carbocycles. The van der Waals surface area contributed by atoms with E-state index in [0.717, 1.165) is 0 Å². The SMILES string of the molecule is C=C(C)C(=O)OCC(C)COC. The Morgan fingerprint density at radius 1 is 1.50 bits per heavy atom. The minimum atomic E-state index is -0.335. The standard InChI is InChI=1S/C9H16O3/c1-7(2)9(10)12-6-8(3)5-11-4/h8H,1,5-6H2,2-4H3. The molecule has 3 heteroatoms. The minimum Gasteiger partial charge on any atom is -0.462 e. The van der Waals surface area contributed by atoms with Gasteiger partial charge in [0.2, 0.25) is 0 Å². The number of carbonyl (C=O) groups excluding carboxylic acids is 1. The van der Waals surface area contributed by atoms with E-state index in [2.05, 4.69) is 6.58 Å². The molecular formula is C9H16O3. The van der Waals surface area contributed by atoms with Crippen LogP contribution in [0, 0.1) is 5.92 Å². The summed E-state index contributed by atoms with van der Waals surface area (Å²) >= 11 is 0. The Hall–Kier alpha value is -0.830. The maximum Gasteiger partial charge on any atom is 0.333 e. The van der Waals surface area contributed by atoms with Crippen molar-refractivity contribution >= 4 is 5.97 Å². The highest BCUT2D eigenvalue weighted by molar-refractivity contribution is 5.86. The van der Waals surface area contributed by atoms with Gasteiger partial charge in [-0.1, -0.05) is 13.5 Å². The van der Waals surface area contributed by atoms with Crippen LogP contribution in [0.1, 0.15) is 13.8 Å². The largest absolute Gasteiger partial charge is 0.462 e. The van der Waals surface area contributed by atoms with Crippen LogP contribution < -0.4 is 0 Å². The number of hydrogen-bond acceptors (Lipinski definition) is 3. The highest BCUT2D eigenvalue weighted by atomic mass is 16.5. The van der Waals surface area contributed by atoms with E-state index < -0.39 is 0 Å². The number of esters is 1. The molecule has 0 heterocycles.